The number of nitrogens with two attached hydrogens (primary N) is 1. The molecular weight excluding hydrogens is 238 g/mol. The fraction of sp³-hybridized carbons (Fsp3) is 0.500. The van der Waals surface area contributed by atoms with Gasteiger partial charge in [-0.2, -0.15) is 0 Å². The molecule has 0 saturated heterocycles. The summed E-state index contributed by atoms with van der Waals surface area (Å²) in [6.07, 6.45) is 0.469. The van der Waals surface area contributed by atoms with Crippen molar-refractivity contribution in [1.82, 2.24) is 0 Å². The fourth-order valence-corrected chi connectivity index (χ4v) is 4.08. The third-order valence-corrected chi connectivity index (χ3v) is 5.50. The molecule has 0 unspecified atom stereocenters. The number of aryl methyl sites for hydroxylation is 1. The average Bonchev–Trinajstić information content (AvgIpc) is 2.92. The van der Waals surface area contributed by atoms with Gasteiger partial charge >= 0.3 is 0 Å². The molecule has 2 N–H and O–H groups in total. The van der Waals surface area contributed by atoms with E-state index >= 15 is 0 Å². The molecule has 1 aliphatic carbocycles. The molecule has 0 spiro atoms. The predicted octanol–water partition coefficient (Wildman–Crippen LogP) is 0.885. The molecule has 1 aromatic rings. The molecule has 1 aromatic carbocycles. The molecule has 1 saturated carbocycles. The van der Waals surface area contributed by atoms with E-state index < -0.39 is 20.6 Å². The van der Waals surface area contributed by atoms with E-state index in [4.69, 9.17) is 10.5 Å². The number of methoxy groups -OCH3 is 1. The Morgan fingerprint density at radius 3 is 2.53 bits per heavy atom. The van der Waals surface area contributed by atoms with Gasteiger partial charge in [0.2, 0.25) is 0 Å². The Hall–Kier alpha value is -0.910. The summed E-state index contributed by atoms with van der Waals surface area (Å²) in [5, 5.41) is -0.516. The summed E-state index contributed by atoms with van der Waals surface area (Å²) in [7, 11) is -1.79. The number of hydrogen-bond acceptors (Lipinski definition) is 4. The maximum Gasteiger partial charge on any atom is 0.183 e. The van der Waals surface area contributed by atoms with Crippen LogP contribution in [-0.2, 0) is 14.6 Å². The normalized spacial score (nSPS) is 28.1. The SMILES string of the molecule is COC[C@@]1(N)C[C@H]1S(=O)(=O)c1ccc(C)cc1. The second-order valence-corrected chi connectivity index (χ2v) is 6.85. The van der Waals surface area contributed by atoms with Crippen molar-refractivity contribution >= 4 is 9.84 Å². The third kappa shape index (κ3) is 2.22. The van der Waals surface area contributed by atoms with E-state index in [0.717, 1.165) is 5.56 Å². The number of hydrogen-bond donors (Lipinski definition) is 1. The Bertz CT molecular complexity index is 509. The highest BCUT2D eigenvalue weighted by molar-refractivity contribution is 7.92. The van der Waals surface area contributed by atoms with Crippen molar-refractivity contribution in [2.45, 2.75) is 29.0 Å². The lowest BCUT2D eigenvalue weighted by atomic mass is 10.2. The summed E-state index contributed by atoms with van der Waals surface area (Å²) in [6, 6.07) is 6.86. The van der Waals surface area contributed by atoms with Crippen molar-refractivity contribution in [1.29, 1.82) is 0 Å². The zero-order chi connectivity index (χ0) is 12.7. The molecule has 94 valence electrons. The second-order valence-electron chi connectivity index (χ2n) is 4.72. The lowest BCUT2D eigenvalue weighted by Crippen LogP contribution is -2.35. The highest BCUT2D eigenvalue weighted by Gasteiger charge is 2.59. The van der Waals surface area contributed by atoms with Crippen LogP contribution in [-0.4, -0.2) is 32.9 Å². The number of ether oxygens (including phenoxy) is 1. The number of rotatable bonds is 4. The molecule has 1 fully saturated rings. The van der Waals surface area contributed by atoms with Crippen LogP contribution in [0.5, 0.6) is 0 Å². The maximum atomic E-state index is 12.3. The van der Waals surface area contributed by atoms with Gasteiger partial charge in [-0.15, -0.1) is 0 Å². The van der Waals surface area contributed by atoms with Gasteiger partial charge in [0.1, 0.15) is 0 Å². The van der Waals surface area contributed by atoms with Gasteiger partial charge in [-0.05, 0) is 25.5 Å². The average molecular weight is 255 g/mol. The number of benzene rings is 1. The van der Waals surface area contributed by atoms with Crippen LogP contribution in [0.3, 0.4) is 0 Å². The summed E-state index contributed by atoms with van der Waals surface area (Å²) in [4.78, 5) is 0.344. The topological polar surface area (TPSA) is 69.4 Å². The third-order valence-electron chi connectivity index (χ3n) is 3.18. The predicted molar refractivity (Wildman–Crippen MR) is 65.6 cm³/mol. The summed E-state index contributed by atoms with van der Waals surface area (Å²) in [5.74, 6) is 0. The van der Waals surface area contributed by atoms with Crippen LogP contribution >= 0.6 is 0 Å². The van der Waals surface area contributed by atoms with Gasteiger partial charge in [-0.1, -0.05) is 17.7 Å². The molecule has 0 bridgehead atoms. The lowest BCUT2D eigenvalue weighted by molar-refractivity contribution is 0.173. The molecule has 4 nitrogen and oxygen atoms in total. The standard InChI is InChI=1S/C12H17NO3S/c1-9-3-5-10(6-4-9)17(14,15)11-7-12(11,13)8-16-2/h3-6,11H,7-8,13H2,1-2H3/t11-,12+/m1/s1. The number of sulfone groups is 1. The zero-order valence-corrected chi connectivity index (χ0v) is 10.8. The first kappa shape index (κ1) is 12.5. The Morgan fingerprint density at radius 2 is 2.00 bits per heavy atom. The Balaban J connectivity index is 2.25. The molecule has 17 heavy (non-hydrogen) atoms. The second kappa shape index (κ2) is 4.08. The van der Waals surface area contributed by atoms with Crippen LogP contribution in [0, 0.1) is 6.92 Å². The van der Waals surface area contributed by atoms with E-state index in [1.165, 1.54) is 7.11 Å². The van der Waals surface area contributed by atoms with Crippen molar-refractivity contribution < 1.29 is 13.2 Å². The molecule has 2 rings (SSSR count). The molecule has 2 atom stereocenters. The van der Waals surface area contributed by atoms with E-state index in [9.17, 15) is 8.42 Å². The molecule has 5 heteroatoms. The lowest BCUT2D eigenvalue weighted by Gasteiger charge is -2.10. The molecule has 0 aliphatic heterocycles. The molecule has 0 aromatic heterocycles. The monoisotopic (exact) mass is 255 g/mol. The van der Waals surface area contributed by atoms with Crippen LogP contribution in [0.4, 0.5) is 0 Å². The highest BCUT2D eigenvalue weighted by Crippen LogP contribution is 2.42. The van der Waals surface area contributed by atoms with Crippen molar-refractivity contribution in [3.05, 3.63) is 29.8 Å². The van der Waals surface area contributed by atoms with Crippen LogP contribution in [0.1, 0.15) is 12.0 Å². The minimum absolute atomic E-state index is 0.281. The minimum atomic E-state index is -3.32. The molecule has 0 amide bonds. The van der Waals surface area contributed by atoms with Crippen LogP contribution in [0.25, 0.3) is 0 Å². The van der Waals surface area contributed by atoms with Crippen molar-refractivity contribution in [2.24, 2.45) is 5.73 Å². The molecule has 0 heterocycles. The summed E-state index contributed by atoms with van der Waals surface area (Å²) < 4.78 is 29.5. The summed E-state index contributed by atoms with van der Waals surface area (Å²) in [6.45, 7) is 2.20. The summed E-state index contributed by atoms with van der Waals surface area (Å²) >= 11 is 0. The highest BCUT2D eigenvalue weighted by atomic mass is 32.2. The van der Waals surface area contributed by atoms with Crippen molar-refractivity contribution in [2.75, 3.05) is 13.7 Å². The van der Waals surface area contributed by atoms with Gasteiger partial charge in [-0.3, -0.25) is 0 Å². The van der Waals surface area contributed by atoms with Gasteiger partial charge in [0, 0.05) is 7.11 Å². The van der Waals surface area contributed by atoms with Gasteiger partial charge in [-0.25, -0.2) is 8.42 Å². The Kier molecular flexibility index (Phi) is 3.01. The zero-order valence-electron chi connectivity index (χ0n) is 10.0. The van der Waals surface area contributed by atoms with Crippen LogP contribution < -0.4 is 5.73 Å². The Morgan fingerprint density at radius 1 is 1.41 bits per heavy atom. The fourth-order valence-electron chi connectivity index (χ4n) is 2.02. The first-order chi connectivity index (χ1) is 7.90. The van der Waals surface area contributed by atoms with E-state index in [1.54, 1.807) is 24.3 Å². The molecular formula is C12H17NO3S. The van der Waals surface area contributed by atoms with Gasteiger partial charge in [0.15, 0.2) is 9.84 Å². The Labute approximate surface area is 102 Å². The first-order valence-electron chi connectivity index (χ1n) is 5.48. The van der Waals surface area contributed by atoms with Gasteiger partial charge in [0.05, 0.1) is 22.3 Å². The largest absolute Gasteiger partial charge is 0.383 e. The molecule has 0 radical (unpaired) electrons. The minimum Gasteiger partial charge on any atom is -0.383 e. The van der Waals surface area contributed by atoms with Crippen LogP contribution in [0.2, 0.25) is 0 Å². The quantitative estimate of drug-likeness (QED) is 0.867. The maximum absolute atomic E-state index is 12.3. The van der Waals surface area contributed by atoms with Crippen molar-refractivity contribution in [3.8, 4) is 0 Å². The van der Waals surface area contributed by atoms with E-state index in [-0.39, 0.29) is 6.61 Å². The summed E-state index contributed by atoms with van der Waals surface area (Å²) in [5.41, 5.74) is 6.28. The van der Waals surface area contributed by atoms with E-state index in [2.05, 4.69) is 0 Å². The van der Waals surface area contributed by atoms with Crippen molar-refractivity contribution in [3.63, 3.8) is 0 Å². The van der Waals surface area contributed by atoms with Gasteiger partial charge < -0.3 is 10.5 Å². The van der Waals surface area contributed by atoms with Crippen LogP contribution in [0.15, 0.2) is 29.2 Å². The first-order valence-corrected chi connectivity index (χ1v) is 7.03. The van der Waals surface area contributed by atoms with E-state index in [0.29, 0.717) is 11.3 Å². The smallest absolute Gasteiger partial charge is 0.183 e. The molecule has 1 aliphatic rings. The van der Waals surface area contributed by atoms with Gasteiger partial charge in [0.25, 0.3) is 0 Å². The van der Waals surface area contributed by atoms with E-state index in [1.807, 2.05) is 6.92 Å².